The first-order valence-corrected chi connectivity index (χ1v) is 12.1. The summed E-state index contributed by atoms with van der Waals surface area (Å²) in [6.07, 6.45) is 1.20. The first-order chi connectivity index (χ1) is 16.0. The van der Waals surface area contributed by atoms with Gasteiger partial charge in [0.15, 0.2) is 5.13 Å². The number of carbonyl (C=O) groups excluding carboxylic acids is 3. The number of halogens is 1. The molecule has 4 amide bonds. The molecular formula is C21H18FN5O5S2. The predicted octanol–water partition coefficient (Wildman–Crippen LogP) is 2.59. The molecule has 0 fully saturated rings. The first-order valence-electron chi connectivity index (χ1n) is 9.78. The second kappa shape index (κ2) is 8.83. The van der Waals surface area contributed by atoms with E-state index in [2.05, 4.69) is 10.3 Å². The summed E-state index contributed by atoms with van der Waals surface area (Å²) < 4.78 is 38.7. The van der Waals surface area contributed by atoms with Crippen LogP contribution in [0.3, 0.4) is 0 Å². The molecule has 3 aromatic rings. The Labute approximate surface area is 198 Å². The minimum absolute atomic E-state index is 0.0218. The summed E-state index contributed by atoms with van der Waals surface area (Å²) in [7, 11) is -0.522. The van der Waals surface area contributed by atoms with Gasteiger partial charge in [0, 0.05) is 25.3 Å². The molecule has 0 spiro atoms. The maximum Gasteiger partial charge on any atom is 0.333 e. The zero-order valence-corrected chi connectivity index (χ0v) is 19.5. The van der Waals surface area contributed by atoms with Crippen molar-refractivity contribution in [2.75, 3.05) is 29.2 Å². The Bertz CT molecular complexity index is 1400. The molecule has 0 radical (unpaired) electrons. The Morgan fingerprint density at radius 2 is 1.91 bits per heavy atom. The van der Waals surface area contributed by atoms with Gasteiger partial charge in [0.1, 0.15) is 10.0 Å². The minimum atomic E-state index is -4.24. The number of amides is 4. The highest BCUT2D eigenvalue weighted by molar-refractivity contribution is 7.92. The summed E-state index contributed by atoms with van der Waals surface area (Å²) in [5.74, 6) is -0.907. The van der Waals surface area contributed by atoms with Crippen molar-refractivity contribution in [2.45, 2.75) is 10.6 Å². The number of benzene rings is 1. The number of urea groups is 1. The number of hydrogen-bond acceptors (Lipinski definition) is 8. The van der Waals surface area contributed by atoms with Gasteiger partial charge in [0.25, 0.3) is 15.9 Å². The van der Waals surface area contributed by atoms with E-state index in [0.29, 0.717) is 22.5 Å². The van der Waals surface area contributed by atoms with Crippen molar-refractivity contribution in [1.29, 1.82) is 0 Å². The summed E-state index contributed by atoms with van der Waals surface area (Å²) >= 11 is 0.377. The number of nitrogens with one attached hydrogen (secondary N) is 2. The number of sulfonamides is 1. The van der Waals surface area contributed by atoms with Crippen LogP contribution < -0.4 is 19.8 Å². The van der Waals surface area contributed by atoms with E-state index in [4.69, 9.17) is 0 Å². The molecule has 0 unspecified atom stereocenters. The molecule has 2 N–H and O–H groups in total. The standard InChI is InChI=1S/C21H18FN5O5S2/c1-26(2)14-4-5-15-12(9-14)10-18(28)27(20(15)29)17-7-3-13(11-23-17)24-21(30)25-34(31,32)19-8-6-16(22)33-19/h3-9,11H,10H2,1-2H3,(H2,24,25,30). The summed E-state index contributed by atoms with van der Waals surface area (Å²) in [5.41, 5.74) is 2.00. The molecule has 13 heteroatoms. The molecule has 0 saturated carbocycles. The lowest BCUT2D eigenvalue weighted by Gasteiger charge is -2.27. The monoisotopic (exact) mass is 503 g/mol. The lowest BCUT2D eigenvalue weighted by Crippen LogP contribution is -2.43. The van der Waals surface area contributed by atoms with Crippen molar-refractivity contribution < 1.29 is 27.2 Å². The van der Waals surface area contributed by atoms with E-state index < -0.39 is 33.0 Å². The number of nitrogens with zero attached hydrogens (tertiary/aromatic N) is 3. The molecule has 3 heterocycles. The number of carbonyl (C=O) groups is 3. The number of thiophene rings is 1. The molecule has 1 aliphatic heterocycles. The molecule has 34 heavy (non-hydrogen) atoms. The third-order valence-electron chi connectivity index (χ3n) is 4.91. The Hall–Kier alpha value is -3.84. The van der Waals surface area contributed by atoms with Crippen molar-refractivity contribution in [3.05, 3.63) is 64.9 Å². The number of hydrogen-bond donors (Lipinski definition) is 2. The molecule has 0 atom stereocenters. The van der Waals surface area contributed by atoms with Crippen molar-refractivity contribution in [3.8, 4) is 0 Å². The second-order valence-electron chi connectivity index (χ2n) is 7.47. The largest absolute Gasteiger partial charge is 0.378 e. The maximum atomic E-state index is 13.1. The Morgan fingerprint density at radius 3 is 2.53 bits per heavy atom. The van der Waals surface area contributed by atoms with Crippen molar-refractivity contribution in [1.82, 2.24) is 9.71 Å². The van der Waals surface area contributed by atoms with Gasteiger partial charge in [-0.2, -0.15) is 4.39 Å². The fourth-order valence-electron chi connectivity index (χ4n) is 3.28. The van der Waals surface area contributed by atoms with Gasteiger partial charge < -0.3 is 10.2 Å². The summed E-state index contributed by atoms with van der Waals surface area (Å²) in [4.78, 5) is 44.6. The average Bonchev–Trinajstić information content (AvgIpc) is 3.21. The van der Waals surface area contributed by atoms with Crippen LogP contribution in [0.15, 0.2) is 52.9 Å². The lowest BCUT2D eigenvalue weighted by molar-refractivity contribution is -0.117. The van der Waals surface area contributed by atoms with Crippen LogP contribution in [0.25, 0.3) is 0 Å². The molecule has 1 aromatic carbocycles. The number of pyridine rings is 1. The number of fused-ring (bicyclic) bond motifs is 1. The van der Waals surface area contributed by atoms with Gasteiger partial charge in [0.05, 0.1) is 18.3 Å². The van der Waals surface area contributed by atoms with Crippen molar-refractivity contribution >= 4 is 56.4 Å². The van der Waals surface area contributed by atoms with Crippen LogP contribution in [0, 0.1) is 5.13 Å². The Balaban J connectivity index is 1.47. The van der Waals surface area contributed by atoms with Crippen LogP contribution in [0.1, 0.15) is 15.9 Å². The second-order valence-corrected chi connectivity index (χ2v) is 10.4. The highest BCUT2D eigenvalue weighted by Gasteiger charge is 2.33. The van der Waals surface area contributed by atoms with E-state index in [1.54, 1.807) is 22.9 Å². The van der Waals surface area contributed by atoms with E-state index in [9.17, 15) is 27.2 Å². The highest BCUT2D eigenvalue weighted by atomic mass is 32.2. The fourth-order valence-corrected chi connectivity index (χ4v) is 5.19. The predicted molar refractivity (Wildman–Crippen MR) is 124 cm³/mol. The number of imide groups is 1. The molecule has 176 valence electrons. The molecule has 10 nitrogen and oxygen atoms in total. The van der Waals surface area contributed by atoms with Crippen LogP contribution in [0.5, 0.6) is 0 Å². The molecule has 0 saturated heterocycles. The first kappa shape index (κ1) is 23.3. The molecular weight excluding hydrogens is 485 g/mol. The number of anilines is 3. The lowest BCUT2D eigenvalue weighted by atomic mass is 9.97. The zero-order chi connectivity index (χ0) is 24.6. The van der Waals surface area contributed by atoms with Gasteiger partial charge in [-0.3, -0.25) is 9.59 Å². The third kappa shape index (κ3) is 4.61. The minimum Gasteiger partial charge on any atom is -0.378 e. The molecule has 0 aliphatic carbocycles. The van der Waals surface area contributed by atoms with Gasteiger partial charge >= 0.3 is 6.03 Å². The van der Waals surface area contributed by atoms with E-state index >= 15 is 0 Å². The van der Waals surface area contributed by atoms with E-state index in [1.165, 1.54) is 18.3 Å². The number of rotatable bonds is 5. The fraction of sp³-hybridized carbons (Fsp3) is 0.143. The summed E-state index contributed by atoms with van der Waals surface area (Å²) in [5, 5.41) is 1.58. The van der Waals surface area contributed by atoms with Crippen LogP contribution in [0.4, 0.5) is 26.4 Å². The van der Waals surface area contributed by atoms with E-state index in [0.717, 1.165) is 22.7 Å². The molecule has 1 aliphatic rings. The topological polar surface area (TPSA) is 129 Å². The third-order valence-corrected chi connectivity index (χ3v) is 7.60. The number of aromatic nitrogens is 1. The van der Waals surface area contributed by atoms with E-state index in [1.807, 2.05) is 19.0 Å². The highest BCUT2D eigenvalue weighted by Crippen LogP contribution is 2.28. The average molecular weight is 504 g/mol. The van der Waals surface area contributed by atoms with Crippen molar-refractivity contribution in [2.24, 2.45) is 0 Å². The summed E-state index contributed by atoms with van der Waals surface area (Å²) in [6, 6.07) is 8.88. The van der Waals surface area contributed by atoms with Crippen LogP contribution in [-0.4, -0.2) is 45.3 Å². The van der Waals surface area contributed by atoms with Gasteiger partial charge in [-0.05, 0) is 48.0 Å². The van der Waals surface area contributed by atoms with Crippen LogP contribution in [0.2, 0.25) is 0 Å². The van der Waals surface area contributed by atoms with Gasteiger partial charge in [-0.25, -0.2) is 27.8 Å². The zero-order valence-electron chi connectivity index (χ0n) is 17.9. The Kier molecular flexibility index (Phi) is 6.06. The molecule has 0 bridgehead atoms. The molecule has 4 rings (SSSR count). The quantitative estimate of drug-likeness (QED) is 0.512. The maximum absolute atomic E-state index is 13.1. The van der Waals surface area contributed by atoms with Crippen LogP contribution in [-0.2, 0) is 21.2 Å². The van der Waals surface area contributed by atoms with Gasteiger partial charge in [-0.15, -0.1) is 0 Å². The van der Waals surface area contributed by atoms with E-state index in [-0.39, 0.29) is 22.1 Å². The van der Waals surface area contributed by atoms with Crippen molar-refractivity contribution in [3.63, 3.8) is 0 Å². The summed E-state index contributed by atoms with van der Waals surface area (Å²) in [6.45, 7) is 0. The smallest absolute Gasteiger partial charge is 0.333 e. The van der Waals surface area contributed by atoms with Gasteiger partial charge in [-0.1, -0.05) is 11.3 Å². The SMILES string of the molecule is CN(C)c1ccc2c(c1)CC(=O)N(c1ccc(NC(=O)NS(=O)(=O)c3ccc(F)s3)cn1)C2=O. The molecule has 2 aromatic heterocycles. The normalized spacial score (nSPS) is 13.4. The Morgan fingerprint density at radius 1 is 1.15 bits per heavy atom. The van der Waals surface area contributed by atoms with Gasteiger partial charge in [0.2, 0.25) is 5.91 Å². The van der Waals surface area contributed by atoms with Crippen LogP contribution >= 0.6 is 11.3 Å².